The predicted molar refractivity (Wildman–Crippen MR) is 211 cm³/mol. The second kappa shape index (κ2) is 19.8. The van der Waals surface area contributed by atoms with Crippen molar-refractivity contribution in [2.45, 2.75) is 114 Å². The molecule has 3 saturated heterocycles. The predicted octanol–water partition coefficient (Wildman–Crippen LogP) is 6.07. The van der Waals surface area contributed by atoms with E-state index in [1.54, 1.807) is 21.7 Å². The zero-order valence-electron chi connectivity index (χ0n) is 32.9. The number of carbonyl (C=O) groups excluding carboxylic acids is 4. The molecule has 3 heterocycles. The van der Waals surface area contributed by atoms with Crippen molar-refractivity contribution in [3.05, 3.63) is 59.7 Å². The highest BCUT2D eigenvalue weighted by molar-refractivity contribution is 6.87. The van der Waals surface area contributed by atoms with Crippen molar-refractivity contribution in [3.8, 4) is 11.1 Å². The van der Waals surface area contributed by atoms with E-state index in [4.69, 9.17) is 18.1 Å². The van der Waals surface area contributed by atoms with E-state index in [2.05, 4.69) is 50.4 Å². The molecular weight excluding hydrogens is 733 g/mol. The van der Waals surface area contributed by atoms with Gasteiger partial charge in [-0.15, -0.1) is 0 Å². The van der Waals surface area contributed by atoms with Gasteiger partial charge in [-0.05, 0) is 91.2 Å². The first-order valence-corrected chi connectivity index (χ1v) is 23.2. The lowest BCUT2D eigenvalue weighted by Gasteiger charge is -2.32. The number of likely N-dealkylation sites (tertiary alicyclic amines) is 2. The molecule has 0 spiro atoms. The highest BCUT2D eigenvalue weighted by Crippen LogP contribution is 2.61. The van der Waals surface area contributed by atoms with Crippen LogP contribution >= 0.6 is 0 Å². The fraction of sp³-hybridized carbons (Fsp3) is 0.610. The van der Waals surface area contributed by atoms with Gasteiger partial charge in [0.05, 0.1) is 0 Å². The van der Waals surface area contributed by atoms with Crippen molar-refractivity contribution in [1.82, 2.24) is 20.0 Å². The molecule has 4 aliphatic rings. The van der Waals surface area contributed by atoms with Crippen molar-refractivity contribution in [3.63, 3.8) is 0 Å². The van der Waals surface area contributed by atoms with Crippen LogP contribution in [0, 0.1) is 0 Å². The molecule has 2 unspecified atom stereocenters. The quantitative estimate of drug-likeness (QED) is 0.160. The molecule has 0 saturated carbocycles. The maximum atomic E-state index is 13.9. The Labute approximate surface area is 328 Å². The first-order valence-electron chi connectivity index (χ1n) is 20.2. The Morgan fingerprint density at radius 1 is 0.855 bits per heavy atom. The van der Waals surface area contributed by atoms with Crippen LogP contribution in [0.15, 0.2) is 48.5 Å². The lowest BCUT2D eigenvalue weighted by molar-refractivity contribution is -0.145. The third-order valence-corrected chi connectivity index (χ3v) is 18.0. The lowest BCUT2D eigenvalue weighted by atomic mass is 9.98. The van der Waals surface area contributed by atoms with Gasteiger partial charge in [-0.2, -0.15) is 0 Å². The van der Waals surface area contributed by atoms with E-state index in [0.29, 0.717) is 56.5 Å². The number of likely N-dealkylation sites (N-methyl/N-ethyl adjacent to an activating group) is 1. The van der Waals surface area contributed by atoms with E-state index in [1.807, 2.05) is 24.3 Å². The molecule has 3 aliphatic heterocycles. The summed E-state index contributed by atoms with van der Waals surface area (Å²) in [6.45, 7) is 9.95. The molecule has 14 heteroatoms. The number of benzene rings is 2. The van der Waals surface area contributed by atoms with Crippen LogP contribution in [0.4, 0.5) is 4.79 Å². The zero-order valence-corrected chi connectivity index (χ0v) is 34.9. The third kappa shape index (κ3) is 9.74. The summed E-state index contributed by atoms with van der Waals surface area (Å²) in [6.07, 6.45) is 6.11. The number of rotatable bonds is 16. The standard InChI is InChI=1S/C41H58N4O6Si.O2Si/c1-5-51-52(29(2)30(52)3)27-15-23-42-38(46)22-7-6-12-24-43(4)39(47)36-20-13-25-44(36)40(48)37-21-14-26-45(37)41(49)50-28-35-33-18-10-8-16-31(33)32-17-9-11-19-34(32)35;1-3-2/h8-11,16-19,29-30,35-37H,5-7,12-15,20-28H2,1-4H3,(H,42,46);/t29?,30?,36-,37-,52?;/m0./s1. The molecule has 298 valence electrons. The largest absolute Gasteiger partial charge is 0.549 e. The van der Waals surface area contributed by atoms with Gasteiger partial charge in [0.2, 0.25) is 17.7 Å². The van der Waals surface area contributed by atoms with Gasteiger partial charge >= 0.3 is 15.4 Å². The molecule has 0 aromatic heterocycles. The molecule has 1 aliphatic carbocycles. The maximum Gasteiger partial charge on any atom is 0.549 e. The third-order valence-electron chi connectivity index (χ3n) is 12.4. The molecule has 4 amide bonds. The number of nitrogens with one attached hydrogen (secondary N) is 1. The molecule has 55 heavy (non-hydrogen) atoms. The van der Waals surface area contributed by atoms with Crippen molar-refractivity contribution in [2.24, 2.45) is 0 Å². The Morgan fingerprint density at radius 3 is 2.07 bits per heavy atom. The minimum atomic E-state index is -1.58. The topological polar surface area (TPSA) is 143 Å². The molecule has 12 nitrogen and oxygen atoms in total. The van der Waals surface area contributed by atoms with Gasteiger partial charge in [0, 0.05) is 52.2 Å². The SMILES string of the molecule is CCO[Si]1(CCCNC(=O)CCCCCN(C)C(=O)[C@@H]2CCCN2C(=O)[C@@H]2CCCN2C(=O)OCC2c3ccccc3-c3ccccc32)C(C)C1C.O=[Si]=O. The van der Waals surface area contributed by atoms with Crippen molar-refractivity contribution in [1.29, 1.82) is 0 Å². The Balaban J connectivity index is 0.00000187. The van der Waals surface area contributed by atoms with Crippen LogP contribution in [0.5, 0.6) is 0 Å². The summed E-state index contributed by atoms with van der Waals surface area (Å²) in [6, 6.07) is 16.5. The Hall–Kier alpha value is -3.89. The summed E-state index contributed by atoms with van der Waals surface area (Å²) in [5.41, 5.74) is 6.06. The minimum absolute atomic E-state index is 0.0494. The Kier molecular flexibility index (Phi) is 15.2. The number of fused-ring (bicyclic) bond motifs is 3. The second-order valence-corrected chi connectivity index (χ2v) is 20.1. The number of unbranched alkanes of at least 4 members (excludes halogenated alkanes) is 2. The summed E-state index contributed by atoms with van der Waals surface area (Å²) >= 11 is 0. The van der Waals surface area contributed by atoms with Gasteiger partial charge in [-0.3, -0.25) is 28.2 Å². The smallest absolute Gasteiger partial charge is 0.448 e. The van der Waals surface area contributed by atoms with E-state index in [0.717, 1.165) is 62.3 Å². The van der Waals surface area contributed by atoms with Crippen LogP contribution in [-0.2, 0) is 32.5 Å². The van der Waals surface area contributed by atoms with Crippen LogP contribution in [0.1, 0.15) is 95.6 Å². The van der Waals surface area contributed by atoms with Gasteiger partial charge in [0.1, 0.15) is 18.7 Å². The molecular formula is C41H58N4O8Si2. The Bertz CT molecular complexity index is 1650. The van der Waals surface area contributed by atoms with Gasteiger partial charge in [0.25, 0.3) is 0 Å². The number of carbonyl (C=O) groups is 4. The van der Waals surface area contributed by atoms with Crippen LogP contribution in [0.3, 0.4) is 0 Å². The van der Waals surface area contributed by atoms with Gasteiger partial charge in [-0.25, -0.2) is 4.79 Å². The summed E-state index contributed by atoms with van der Waals surface area (Å²) in [4.78, 5) is 58.4. The first kappa shape index (κ1) is 42.3. The average Bonchev–Trinajstić information content (AvgIpc) is 3.77. The van der Waals surface area contributed by atoms with Gasteiger partial charge < -0.3 is 24.3 Å². The van der Waals surface area contributed by atoms with Crippen molar-refractivity contribution in [2.75, 3.05) is 46.4 Å². The molecule has 0 bridgehead atoms. The van der Waals surface area contributed by atoms with Crippen LogP contribution in [0.25, 0.3) is 11.1 Å². The summed E-state index contributed by atoms with van der Waals surface area (Å²) in [7, 11) is -1.19. The molecule has 4 atom stereocenters. The summed E-state index contributed by atoms with van der Waals surface area (Å²) in [5, 5.41) is 3.08. The van der Waals surface area contributed by atoms with Crippen LogP contribution < -0.4 is 5.32 Å². The van der Waals surface area contributed by atoms with Crippen molar-refractivity contribution < 1.29 is 37.3 Å². The molecule has 1 N–H and O–H groups in total. The maximum absolute atomic E-state index is 13.9. The first-order chi connectivity index (χ1) is 26.6. The van der Waals surface area contributed by atoms with Crippen LogP contribution in [0.2, 0.25) is 17.1 Å². The fourth-order valence-corrected chi connectivity index (χ4v) is 14.2. The van der Waals surface area contributed by atoms with E-state index in [-0.39, 0.29) is 30.2 Å². The number of ether oxygens (including phenoxy) is 1. The van der Waals surface area contributed by atoms with Gasteiger partial charge in [-0.1, -0.05) is 68.8 Å². The second-order valence-electron chi connectivity index (χ2n) is 15.4. The summed E-state index contributed by atoms with van der Waals surface area (Å²) < 4.78 is 28.9. The number of nitrogens with zero attached hydrogens (tertiary/aromatic N) is 3. The Morgan fingerprint density at radius 2 is 1.45 bits per heavy atom. The molecule has 0 radical (unpaired) electrons. The fourth-order valence-electron chi connectivity index (χ4n) is 9.14. The normalized spacial score (nSPS) is 23.6. The van der Waals surface area contributed by atoms with E-state index in [1.165, 1.54) is 11.1 Å². The van der Waals surface area contributed by atoms with Gasteiger partial charge in [0.15, 0.2) is 8.32 Å². The lowest BCUT2D eigenvalue weighted by Crippen LogP contribution is -2.53. The van der Waals surface area contributed by atoms with E-state index < -0.39 is 35.8 Å². The summed E-state index contributed by atoms with van der Waals surface area (Å²) in [5.74, 6) is -0.168. The number of amides is 4. The highest BCUT2D eigenvalue weighted by atomic mass is 28.4. The molecule has 6 rings (SSSR count). The van der Waals surface area contributed by atoms with E-state index in [9.17, 15) is 19.2 Å². The molecule has 3 fully saturated rings. The van der Waals surface area contributed by atoms with E-state index >= 15 is 0 Å². The van der Waals surface area contributed by atoms with Crippen LogP contribution in [-0.4, -0.2) is 115 Å². The average molecular weight is 791 g/mol. The number of hydrogen-bond donors (Lipinski definition) is 1. The minimum Gasteiger partial charge on any atom is -0.448 e. The molecule has 2 aromatic carbocycles. The zero-order chi connectivity index (χ0) is 39.5. The number of hydrogen-bond acceptors (Lipinski definition) is 8. The monoisotopic (exact) mass is 790 g/mol. The highest BCUT2D eigenvalue weighted by Gasteiger charge is 2.62. The van der Waals surface area contributed by atoms with Crippen molar-refractivity contribution >= 4 is 41.4 Å². The molecule has 2 aromatic rings.